The molecule has 0 aliphatic heterocycles. The molecular weight excluding hydrogens is 259 g/mol. The molecule has 6 nitrogen and oxygen atoms in total. The molecule has 0 fully saturated rings. The molecule has 7 heteroatoms. The summed E-state index contributed by atoms with van der Waals surface area (Å²) < 4.78 is 13.8. The van der Waals surface area contributed by atoms with Crippen LogP contribution in [0, 0.1) is 11.2 Å². The molecule has 1 heterocycles. The largest absolute Gasteiger partial charge is 0.369 e. The summed E-state index contributed by atoms with van der Waals surface area (Å²) in [7, 11) is 0. The molecule has 104 valence electrons. The van der Waals surface area contributed by atoms with Crippen LogP contribution in [-0.2, 0) is 6.42 Å². The third kappa shape index (κ3) is 3.64. The van der Waals surface area contributed by atoms with Gasteiger partial charge in [-0.3, -0.25) is 5.41 Å². The monoisotopic (exact) mass is 274 g/mol. The fourth-order valence-electron chi connectivity index (χ4n) is 1.75. The quantitative estimate of drug-likeness (QED) is 0.376. The lowest BCUT2D eigenvalue weighted by molar-refractivity contribution is 0.624. The predicted molar refractivity (Wildman–Crippen MR) is 74.9 cm³/mol. The smallest absolute Gasteiger partial charge is 0.206 e. The van der Waals surface area contributed by atoms with Gasteiger partial charge in [0.2, 0.25) is 5.96 Å². The van der Waals surface area contributed by atoms with Crippen molar-refractivity contribution in [2.75, 3.05) is 0 Å². The van der Waals surface area contributed by atoms with E-state index < -0.39 is 0 Å². The Kier molecular flexibility index (Phi) is 4.43. The first-order chi connectivity index (χ1) is 9.66. The molecule has 0 saturated heterocycles. The van der Waals surface area contributed by atoms with Crippen molar-refractivity contribution in [3.05, 3.63) is 53.9 Å². The molecule has 0 aliphatic rings. The minimum absolute atomic E-state index is 0.291. The van der Waals surface area contributed by atoms with Crippen LogP contribution in [0.25, 0.3) is 0 Å². The van der Waals surface area contributed by atoms with E-state index >= 15 is 0 Å². The topological polar surface area (TPSA) is 103 Å². The SMILES string of the molecule is N=C(N)NN=C(CCc1cnc[nH]1)c1ccccc1F. The molecule has 5 N–H and O–H groups in total. The number of nitrogens with one attached hydrogen (secondary N) is 3. The molecule has 20 heavy (non-hydrogen) atoms. The Morgan fingerprint density at radius 1 is 1.45 bits per heavy atom. The lowest BCUT2D eigenvalue weighted by Crippen LogP contribution is -2.27. The molecule has 0 amide bonds. The van der Waals surface area contributed by atoms with Crippen LogP contribution < -0.4 is 11.2 Å². The second-order valence-corrected chi connectivity index (χ2v) is 4.14. The first-order valence-electron chi connectivity index (χ1n) is 6.05. The van der Waals surface area contributed by atoms with E-state index in [0.29, 0.717) is 24.1 Å². The Balaban J connectivity index is 2.18. The number of aromatic amines is 1. The summed E-state index contributed by atoms with van der Waals surface area (Å²) in [6, 6.07) is 6.36. The van der Waals surface area contributed by atoms with Gasteiger partial charge in [0, 0.05) is 17.5 Å². The van der Waals surface area contributed by atoms with Gasteiger partial charge in [0.15, 0.2) is 0 Å². The first kappa shape index (κ1) is 13.7. The number of guanidine groups is 1. The maximum atomic E-state index is 13.8. The van der Waals surface area contributed by atoms with Gasteiger partial charge in [-0.2, -0.15) is 5.10 Å². The lowest BCUT2D eigenvalue weighted by Gasteiger charge is -2.08. The fourth-order valence-corrected chi connectivity index (χ4v) is 1.75. The van der Waals surface area contributed by atoms with Crippen LogP contribution in [0.2, 0.25) is 0 Å². The summed E-state index contributed by atoms with van der Waals surface area (Å²) in [5.74, 6) is -0.651. The number of rotatable bonds is 5. The molecule has 1 aromatic carbocycles. The summed E-state index contributed by atoms with van der Waals surface area (Å²) in [4.78, 5) is 6.90. The standard InChI is InChI=1S/C13H15FN6/c14-11-4-2-1-3-10(11)12(19-20-13(15)16)6-5-9-7-17-8-18-9/h1-4,7-8H,5-6H2,(H,17,18)(H4,15,16,20). The van der Waals surface area contributed by atoms with Gasteiger partial charge in [-0.1, -0.05) is 18.2 Å². The number of hydrogen-bond donors (Lipinski definition) is 4. The highest BCUT2D eigenvalue weighted by Crippen LogP contribution is 2.12. The van der Waals surface area contributed by atoms with Crippen LogP contribution in [-0.4, -0.2) is 21.6 Å². The molecule has 1 aromatic heterocycles. The van der Waals surface area contributed by atoms with Gasteiger partial charge in [-0.25, -0.2) is 14.8 Å². The van der Waals surface area contributed by atoms with Gasteiger partial charge in [-0.05, 0) is 18.9 Å². The number of nitrogens with zero attached hydrogens (tertiary/aromatic N) is 2. The van der Waals surface area contributed by atoms with Gasteiger partial charge in [0.25, 0.3) is 0 Å². The average molecular weight is 274 g/mol. The van der Waals surface area contributed by atoms with E-state index in [2.05, 4.69) is 20.5 Å². The van der Waals surface area contributed by atoms with E-state index in [4.69, 9.17) is 11.1 Å². The van der Waals surface area contributed by atoms with Crippen molar-refractivity contribution in [2.45, 2.75) is 12.8 Å². The highest BCUT2D eigenvalue weighted by atomic mass is 19.1. The van der Waals surface area contributed by atoms with Gasteiger partial charge >= 0.3 is 0 Å². The second kappa shape index (κ2) is 6.46. The van der Waals surface area contributed by atoms with Crippen molar-refractivity contribution >= 4 is 11.7 Å². The number of halogens is 1. The Morgan fingerprint density at radius 3 is 2.90 bits per heavy atom. The van der Waals surface area contributed by atoms with E-state index in [1.165, 1.54) is 6.07 Å². The minimum atomic E-state index is -0.360. The zero-order valence-electron chi connectivity index (χ0n) is 10.7. The highest BCUT2D eigenvalue weighted by molar-refractivity contribution is 6.01. The normalized spacial score (nSPS) is 11.3. The lowest BCUT2D eigenvalue weighted by atomic mass is 10.0. The molecule has 0 spiro atoms. The van der Waals surface area contributed by atoms with Crippen molar-refractivity contribution in [1.82, 2.24) is 15.4 Å². The van der Waals surface area contributed by atoms with Crippen molar-refractivity contribution in [1.29, 1.82) is 5.41 Å². The number of imidazole rings is 1. The highest BCUT2D eigenvalue weighted by Gasteiger charge is 2.10. The maximum Gasteiger partial charge on any atom is 0.206 e. The van der Waals surface area contributed by atoms with E-state index in [1.54, 1.807) is 30.7 Å². The molecule has 0 bridgehead atoms. The van der Waals surface area contributed by atoms with Crippen LogP contribution in [0.5, 0.6) is 0 Å². The third-order valence-electron chi connectivity index (χ3n) is 2.68. The van der Waals surface area contributed by atoms with Crippen LogP contribution in [0.3, 0.4) is 0 Å². The van der Waals surface area contributed by atoms with Gasteiger partial charge < -0.3 is 10.7 Å². The minimum Gasteiger partial charge on any atom is -0.369 e. The van der Waals surface area contributed by atoms with Gasteiger partial charge in [0.1, 0.15) is 5.82 Å². The Bertz CT molecular complexity index is 605. The molecule has 0 aliphatic carbocycles. The van der Waals surface area contributed by atoms with Gasteiger partial charge in [0.05, 0.1) is 12.0 Å². The second-order valence-electron chi connectivity index (χ2n) is 4.14. The summed E-state index contributed by atoms with van der Waals surface area (Å²) >= 11 is 0. The maximum absolute atomic E-state index is 13.8. The zero-order valence-corrected chi connectivity index (χ0v) is 10.7. The molecular formula is C13H15FN6. The van der Waals surface area contributed by atoms with Crippen molar-refractivity contribution in [3.8, 4) is 0 Å². The molecule has 0 unspecified atom stereocenters. The average Bonchev–Trinajstić information content (AvgIpc) is 2.93. The van der Waals surface area contributed by atoms with Crippen LogP contribution >= 0.6 is 0 Å². The zero-order chi connectivity index (χ0) is 14.4. The molecule has 0 saturated carbocycles. The summed E-state index contributed by atoms with van der Waals surface area (Å²) in [6.45, 7) is 0. The predicted octanol–water partition coefficient (Wildman–Crippen LogP) is 1.37. The van der Waals surface area contributed by atoms with Crippen molar-refractivity contribution in [3.63, 3.8) is 0 Å². The van der Waals surface area contributed by atoms with Gasteiger partial charge in [-0.15, -0.1) is 0 Å². The van der Waals surface area contributed by atoms with Crippen LogP contribution in [0.4, 0.5) is 4.39 Å². The number of H-pyrrole nitrogens is 1. The first-order valence-corrected chi connectivity index (χ1v) is 6.05. The molecule has 0 radical (unpaired) electrons. The third-order valence-corrected chi connectivity index (χ3v) is 2.68. The summed E-state index contributed by atoms with van der Waals surface area (Å²) in [6.07, 6.45) is 4.41. The Hall–Kier alpha value is -2.70. The Labute approximate surface area is 115 Å². The van der Waals surface area contributed by atoms with Crippen LogP contribution in [0.15, 0.2) is 41.9 Å². The number of hydrazone groups is 1. The van der Waals surface area contributed by atoms with Crippen molar-refractivity contribution < 1.29 is 4.39 Å². The van der Waals surface area contributed by atoms with E-state index in [9.17, 15) is 4.39 Å². The number of nitrogens with two attached hydrogens (primary N) is 1. The molecule has 2 aromatic rings. The number of aromatic nitrogens is 2. The number of hydrogen-bond acceptors (Lipinski definition) is 3. The van der Waals surface area contributed by atoms with E-state index in [-0.39, 0.29) is 11.8 Å². The number of benzene rings is 1. The molecule has 0 atom stereocenters. The van der Waals surface area contributed by atoms with Crippen LogP contribution in [0.1, 0.15) is 17.7 Å². The molecule has 2 rings (SSSR count). The summed E-state index contributed by atoms with van der Waals surface area (Å²) in [5.41, 5.74) is 9.37. The number of aryl methyl sites for hydroxylation is 1. The van der Waals surface area contributed by atoms with E-state index in [0.717, 1.165) is 5.69 Å². The van der Waals surface area contributed by atoms with Crippen molar-refractivity contribution in [2.24, 2.45) is 10.8 Å². The Morgan fingerprint density at radius 2 is 2.25 bits per heavy atom. The summed E-state index contributed by atoms with van der Waals surface area (Å²) in [5, 5.41) is 11.1. The fraction of sp³-hybridized carbons (Fsp3) is 0.154. The van der Waals surface area contributed by atoms with E-state index in [1.807, 2.05) is 0 Å².